The van der Waals surface area contributed by atoms with Gasteiger partial charge in [0.1, 0.15) is 11.4 Å². The Morgan fingerprint density at radius 1 is 1.30 bits per heavy atom. The second kappa shape index (κ2) is 6.31. The molecule has 1 aromatic heterocycles. The Labute approximate surface area is 136 Å². The van der Waals surface area contributed by atoms with Crippen LogP contribution >= 0.6 is 0 Å². The molecule has 1 aromatic carbocycles. The van der Waals surface area contributed by atoms with Crippen LogP contribution in [0.5, 0.6) is 5.75 Å². The van der Waals surface area contributed by atoms with E-state index in [2.05, 4.69) is 21.4 Å². The third-order valence-electron chi connectivity index (χ3n) is 4.71. The van der Waals surface area contributed by atoms with Crippen LogP contribution in [0.15, 0.2) is 36.5 Å². The molecule has 2 aliphatic rings. The SMILES string of the molecule is COc1ccccc1-n1nccc1CN1CCO[C@H]2CNC[C@H]21. The Morgan fingerprint density at radius 2 is 2.22 bits per heavy atom. The zero-order chi connectivity index (χ0) is 15.6. The van der Waals surface area contributed by atoms with E-state index in [9.17, 15) is 0 Å². The van der Waals surface area contributed by atoms with Crippen LogP contribution in [-0.2, 0) is 11.3 Å². The van der Waals surface area contributed by atoms with Crippen molar-refractivity contribution < 1.29 is 9.47 Å². The van der Waals surface area contributed by atoms with Gasteiger partial charge in [-0.25, -0.2) is 4.68 Å². The summed E-state index contributed by atoms with van der Waals surface area (Å²) in [6.07, 6.45) is 2.17. The summed E-state index contributed by atoms with van der Waals surface area (Å²) in [5.74, 6) is 0.833. The first-order valence-electron chi connectivity index (χ1n) is 8.09. The normalized spacial score (nSPS) is 24.6. The number of nitrogens with zero attached hydrogens (tertiary/aromatic N) is 3. The summed E-state index contributed by atoms with van der Waals surface area (Å²) in [5, 5.41) is 7.94. The van der Waals surface area contributed by atoms with Crippen LogP contribution in [0.2, 0.25) is 0 Å². The predicted molar refractivity (Wildman–Crippen MR) is 86.9 cm³/mol. The summed E-state index contributed by atoms with van der Waals surface area (Å²) in [7, 11) is 1.69. The van der Waals surface area contributed by atoms with E-state index in [1.165, 1.54) is 5.69 Å². The highest BCUT2D eigenvalue weighted by Gasteiger charge is 2.36. The van der Waals surface area contributed by atoms with Gasteiger partial charge in [-0.1, -0.05) is 12.1 Å². The molecule has 2 atom stereocenters. The second-order valence-electron chi connectivity index (χ2n) is 6.01. The lowest BCUT2D eigenvalue weighted by atomic mass is 10.1. The van der Waals surface area contributed by atoms with E-state index in [0.717, 1.165) is 44.2 Å². The summed E-state index contributed by atoms with van der Waals surface area (Å²) in [6, 6.07) is 10.5. The van der Waals surface area contributed by atoms with Crippen molar-refractivity contribution in [2.24, 2.45) is 0 Å². The number of para-hydroxylation sites is 2. The third-order valence-corrected chi connectivity index (χ3v) is 4.71. The molecule has 6 nitrogen and oxygen atoms in total. The quantitative estimate of drug-likeness (QED) is 0.914. The van der Waals surface area contributed by atoms with Crippen molar-refractivity contribution in [2.75, 3.05) is 33.4 Å². The van der Waals surface area contributed by atoms with Crippen LogP contribution in [0.1, 0.15) is 5.69 Å². The van der Waals surface area contributed by atoms with E-state index >= 15 is 0 Å². The number of nitrogens with one attached hydrogen (secondary N) is 1. The van der Waals surface area contributed by atoms with Gasteiger partial charge in [0.15, 0.2) is 0 Å². The molecule has 0 spiro atoms. The molecule has 1 N–H and O–H groups in total. The monoisotopic (exact) mass is 314 g/mol. The van der Waals surface area contributed by atoms with E-state index < -0.39 is 0 Å². The van der Waals surface area contributed by atoms with E-state index in [1.54, 1.807) is 7.11 Å². The average molecular weight is 314 g/mol. The number of methoxy groups -OCH3 is 1. The van der Waals surface area contributed by atoms with Crippen LogP contribution in [-0.4, -0.2) is 60.2 Å². The minimum atomic E-state index is 0.311. The molecular weight excluding hydrogens is 292 g/mol. The Bertz CT molecular complexity index is 672. The summed E-state index contributed by atoms with van der Waals surface area (Å²) in [4.78, 5) is 2.50. The van der Waals surface area contributed by atoms with Crippen molar-refractivity contribution in [2.45, 2.75) is 18.7 Å². The predicted octanol–water partition coefficient (Wildman–Crippen LogP) is 1.05. The molecule has 0 radical (unpaired) electrons. The lowest BCUT2D eigenvalue weighted by Gasteiger charge is -2.36. The van der Waals surface area contributed by atoms with Crippen LogP contribution < -0.4 is 10.1 Å². The zero-order valence-electron chi connectivity index (χ0n) is 13.3. The smallest absolute Gasteiger partial charge is 0.144 e. The van der Waals surface area contributed by atoms with Gasteiger partial charge < -0.3 is 14.8 Å². The first-order chi connectivity index (χ1) is 11.4. The van der Waals surface area contributed by atoms with Gasteiger partial charge in [-0.05, 0) is 18.2 Å². The summed E-state index contributed by atoms with van der Waals surface area (Å²) in [5.41, 5.74) is 2.14. The van der Waals surface area contributed by atoms with Crippen molar-refractivity contribution >= 4 is 0 Å². The lowest BCUT2D eigenvalue weighted by molar-refractivity contribution is -0.0506. The van der Waals surface area contributed by atoms with Gasteiger partial charge in [0, 0.05) is 32.4 Å². The van der Waals surface area contributed by atoms with Crippen molar-refractivity contribution in [1.29, 1.82) is 0 Å². The van der Waals surface area contributed by atoms with Crippen molar-refractivity contribution in [3.63, 3.8) is 0 Å². The summed E-state index contributed by atoms with van der Waals surface area (Å²) in [6.45, 7) is 4.57. The van der Waals surface area contributed by atoms with Gasteiger partial charge in [-0.3, -0.25) is 4.90 Å². The van der Waals surface area contributed by atoms with Gasteiger partial charge >= 0.3 is 0 Å². The Hall–Kier alpha value is -1.89. The zero-order valence-corrected chi connectivity index (χ0v) is 13.3. The standard InChI is InChI=1S/C17H22N4O2/c1-22-16-5-3-2-4-14(16)21-13(6-7-19-21)12-20-8-9-23-17-11-18-10-15(17)20/h2-7,15,17-18H,8-12H2,1H3/t15-,17+/m1/s1. The van der Waals surface area contributed by atoms with E-state index in [4.69, 9.17) is 9.47 Å². The van der Waals surface area contributed by atoms with Crippen LogP contribution in [0, 0.1) is 0 Å². The van der Waals surface area contributed by atoms with E-state index in [1.807, 2.05) is 35.1 Å². The molecule has 3 heterocycles. The number of aromatic nitrogens is 2. The first kappa shape index (κ1) is 14.7. The molecular formula is C17H22N4O2. The Morgan fingerprint density at radius 3 is 3.13 bits per heavy atom. The molecule has 0 saturated carbocycles. The number of hydrogen-bond donors (Lipinski definition) is 1. The van der Waals surface area contributed by atoms with Gasteiger partial charge in [0.2, 0.25) is 0 Å². The number of ether oxygens (including phenoxy) is 2. The van der Waals surface area contributed by atoms with Gasteiger partial charge in [-0.2, -0.15) is 5.10 Å². The van der Waals surface area contributed by atoms with E-state index in [0.29, 0.717) is 12.1 Å². The maximum atomic E-state index is 5.86. The Balaban J connectivity index is 1.60. The highest BCUT2D eigenvalue weighted by molar-refractivity contribution is 5.46. The molecule has 0 unspecified atom stereocenters. The maximum Gasteiger partial charge on any atom is 0.144 e. The van der Waals surface area contributed by atoms with E-state index in [-0.39, 0.29) is 0 Å². The Kier molecular flexibility index (Phi) is 4.03. The lowest BCUT2D eigenvalue weighted by Crippen LogP contribution is -2.50. The molecule has 0 bridgehead atoms. The molecule has 2 aromatic rings. The molecule has 6 heteroatoms. The molecule has 0 aliphatic carbocycles. The molecule has 0 amide bonds. The highest BCUT2D eigenvalue weighted by Crippen LogP contribution is 2.25. The highest BCUT2D eigenvalue weighted by atomic mass is 16.5. The fraction of sp³-hybridized carbons (Fsp3) is 0.471. The van der Waals surface area contributed by atoms with Crippen LogP contribution in [0.25, 0.3) is 5.69 Å². The number of fused-ring (bicyclic) bond motifs is 1. The average Bonchev–Trinajstić information content (AvgIpc) is 3.24. The van der Waals surface area contributed by atoms with Gasteiger partial charge in [0.05, 0.1) is 31.6 Å². The molecule has 122 valence electrons. The fourth-order valence-corrected chi connectivity index (χ4v) is 3.54. The molecule has 4 rings (SSSR count). The first-order valence-corrected chi connectivity index (χ1v) is 8.09. The van der Waals surface area contributed by atoms with Crippen molar-refractivity contribution in [1.82, 2.24) is 20.0 Å². The van der Waals surface area contributed by atoms with Gasteiger partial charge in [0.25, 0.3) is 0 Å². The molecule has 2 fully saturated rings. The molecule has 2 aliphatic heterocycles. The van der Waals surface area contributed by atoms with Crippen molar-refractivity contribution in [3.8, 4) is 11.4 Å². The topological polar surface area (TPSA) is 51.5 Å². The molecule has 2 saturated heterocycles. The number of hydrogen-bond acceptors (Lipinski definition) is 5. The van der Waals surface area contributed by atoms with Crippen LogP contribution in [0.3, 0.4) is 0 Å². The fourth-order valence-electron chi connectivity index (χ4n) is 3.54. The summed E-state index contributed by atoms with van der Waals surface area (Å²) < 4.78 is 13.3. The third kappa shape index (κ3) is 2.73. The number of morpholine rings is 1. The van der Waals surface area contributed by atoms with Crippen molar-refractivity contribution in [3.05, 3.63) is 42.2 Å². The van der Waals surface area contributed by atoms with Crippen LogP contribution in [0.4, 0.5) is 0 Å². The largest absolute Gasteiger partial charge is 0.494 e. The molecule has 23 heavy (non-hydrogen) atoms. The summed E-state index contributed by atoms with van der Waals surface area (Å²) >= 11 is 0. The minimum absolute atomic E-state index is 0.311. The second-order valence-corrected chi connectivity index (χ2v) is 6.01. The number of benzene rings is 1. The number of rotatable bonds is 4. The van der Waals surface area contributed by atoms with Gasteiger partial charge in [-0.15, -0.1) is 0 Å². The maximum absolute atomic E-state index is 5.86. The minimum Gasteiger partial charge on any atom is -0.494 e.